The summed E-state index contributed by atoms with van der Waals surface area (Å²) >= 11 is 0. The van der Waals surface area contributed by atoms with E-state index in [0.29, 0.717) is 12.6 Å². The molecule has 0 radical (unpaired) electrons. The van der Waals surface area contributed by atoms with Crippen LogP contribution in [0.1, 0.15) is 0 Å². The number of rotatable bonds is 7. The van der Waals surface area contributed by atoms with Gasteiger partial charge in [-0.3, -0.25) is 0 Å². The summed E-state index contributed by atoms with van der Waals surface area (Å²) in [7, 11) is -2.13. The number of hydrogen-bond acceptors (Lipinski definition) is 8. The van der Waals surface area contributed by atoms with Crippen molar-refractivity contribution < 1.29 is 22.6 Å². The smallest absolute Gasteiger partial charge is 0.241 e. The number of sulfonamides is 1. The second-order valence-electron chi connectivity index (χ2n) is 9.08. The van der Waals surface area contributed by atoms with Gasteiger partial charge in [-0.25, -0.2) is 23.1 Å². The Hall–Kier alpha value is -3.57. The van der Waals surface area contributed by atoms with Gasteiger partial charge >= 0.3 is 0 Å². The number of hydrogen-bond donors (Lipinski definition) is 2. The summed E-state index contributed by atoms with van der Waals surface area (Å²) < 4.78 is 46.3. The van der Waals surface area contributed by atoms with Crippen molar-refractivity contribution in [3.8, 4) is 17.0 Å². The van der Waals surface area contributed by atoms with E-state index >= 15 is 0 Å². The molecular weight excluding hydrogens is 492 g/mol. The van der Waals surface area contributed by atoms with Gasteiger partial charge in [-0.15, -0.1) is 0 Å². The van der Waals surface area contributed by atoms with Gasteiger partial charge < -0.3 is 19.5 Å². The third-order valence-electron chi connectivity index (χ3n) is 6.75. The topological polar surface area (TPSA) is 112 Å². The molecule has 2 saturated heterocycles. The van der Waals surface area contributed by atoms with Gasteiger partial charge in [-0.05, 0) is 53.2 Å². The standard InChI is InChI=1S/C27H26N4O5S/c1-34-20-9-6-18(7-10-20)22-12-13-28-27(29-22)30-23-15-35-26-24(16-36-25(23)26)31-37(32,33)21-11-8-17-4-2-3-5-19(17)14-21/h2-14,23-26,31H,15-16H2,1H3,(H,28,29,30)/t23-,24-,25+,26+/m0/s1. The molecule has 2 fully saturated rings. The molecular formula is C27H26N4O5S. The van der Waals surface area contributed by atoms with Gasteiger partial charge in [-0.2, -0.15) is 0 Å². The van der Waals surface area contributed by atoms with Gasteiger partial charge in [0.15, 0.2) is 0 Å². The number of nitrogens with zero attached hydrogens (tertiary/aromatic N) is 2. The summed E-state index contributed by atoms with van der Waals surface area (Å²) in [6, 6.07) is 21.5. The molecule has 4 aromatic rings. The minimum atomic E-state index is -3.76. The van der Waals surface area contributed by atoms with E-state index in [4.69, 9.17) is 14.2 Å². The van der Waals surface area contributed by atoms with Crippen LogP contribution in [0, 0.1) is 0 Å². The maximum atomic E-state index is 13.1. The SMILES string of the molecule is COc1ccc(-c2ccnc(N[C@H]3CO[C@H]4[C@@H]3OC[C@@H]4NS(=O)(=O)c3ccc4ccccc4c3)n2)cc1. The molecule has 1 aromatic heterocycles. The van der Waals surface area contributed by atoms with E-state index in [-0.39, 0.29) is 23.6 Å². The van der Waals surface area contributed by atoms with E-state index in [0.717, 1.165) is 27.8 Å². The quantitative estimate of drug-likeness (QED) is 0.384. The lowest BCUT2D eigenvalue weighted by Crippen LogP contribution is -2.44. The van der Waals surface area contributed by atoms with Gasteiger partial charge in [0.2, 0.25) is 16.0 Å². The first kappa shape index (κ1) is 23.8. The largest absolute Gasteiger partial charge is 0.497 e. The first-order valence-corrected chi connectivity index (χ1v) is 13.5. The van der Waals surface area contributed by atoms with Crippen LogP contribution in [-0.2, 0) is 19.5 Å². The first-order chi connectivity index (χ1) is 18.0. The minimum absolute atomic E-state index is 0.214. The Balaban J connectivity index is 1.14. The molecule has 0 unspecified atom stereocenters. The van der Waals surface area contributed by atoms with Crippen LogP contribution < -0.4 is 14.8 Å². The fourth-order valence-corrected chi connectivity index (χ4v) is 6.11. The second-order valence-corrected chi connectivity index (χ2v) is 10.8. The highest BCUT2D eigenvalue weighted by molar-refractivity contribution is 7.89. The maximum absolute atomic E-state index is 13.1. The second kappa shape index (κ2) is 9.71. The normalized spacial score (nSPS) is 23.2. The Morgan fingerprint density at radius 3 is 2.41 bits per heavy atom. The predicted octanol–water partition coefficient (Wildman–Crippen LogP) is 3.23. The van der Waals surface area contributed by atoms with Gasteiger partial charge in [-0.1, -0.05) is 30.3 Å². The third-order valence-corrected chi connectivity index (χ3v) is 8.23. The predicted molar refractivity (Wildman–Crippen MR) is 139 cm³/mol. The van der Waals surface area contributed by atoms with Crippen molar-refractivity contribution in [2.24, 2.45) is 0 Å². The first-order valence-electron chi connectivity index (χ1n) is 12.0. The van der Waals surface area contributed by atoms with Crippen molar-refractivity contribution in [3.63, 3.8) is 0 Å². The van der Waals surface area contributed by atoms with Crippen LogP contribution in [-0.4, -0.2) is 63.0 Å². The molecule has 0 spiro atoms. The van der Waals surface area contributed by atoms with Crippen LogP contribution in [0.15, 0.2) is 83.9 Å². The Morgan fingerprint density at radius 1 is 0.892 bits per heavy atom. The molecule has 0 saturated carbocycles. The molecule has 190 valence electrons. The molecule has 9 nitrogen and oxygen atoms in total. The van der Waals surface area contributed by atoms with E-state index in [9.17, 15) is 8.42 Å². The van der Waals surface area contributed by atoms with Crippen molar-refractivity contribution >= 4 is 26.7 Å². The number of anilines is 1. The van der Waals surface area contributed by atoms with Gasteiger partial charge in [0.25, 0.3) is 0 Å². The summed E-state index contributed by atoms with van der Waals surface area (Å²) in [5.41, 5.74) is 1.70. The van der Waals surface area contributed by atoms with Crippen molar-refractivity contribution in [1.82, 2.24) is 14.7 Å². The number of aromatic nitrogens is 2. The Bertz CT molecular complexity index is 1530. The summed E-state index contributed by atoms with van der Waals surface area (Å²) in [5, 5.41) is 5.15. The molecule has 10 heteroatoms. The summed E-state index contributed by atoms with van der Waals surface area (Å²) in [6.45, 7) is 0.562. The number of methoxy groups -OCH3 is 1. The van der Waals surface area contributed by atoms with Crippen LogP contribution in [0.25, 0.3) is 22.0 Å². The molecule has 2 N–H and O–H groups in total. The molecule has 37 heavy (non-hydrogen) atoms. The van der Waals surface area contributed by atoms with Gasteiger partial charge in [0.1, 0.15) is 18.0 Å². The molecule has 4 atom stereocenters. The van der Waals surface area contributed by atoms with Crippen molar-refractivity contribution in [2.75, 3.05) is 25.6 Å². The van der Waals surface area contributed by atoms with E-state index < -0.39 is 22.2 Å². The highest BCUT2D eigenvalue weighted by Crippen LogP contribution is 2.30. The van der Waals surface area contributed by atoms with E-state index in [1.165, 1.54) is 0 Å². The maximum Gasteiger partial charge on any atom is 0.241 e. The van der Waals surface area contributed by atoms with Crippen LogP contribution in [0.4, 0.5) is 5.95 Å². The van der Waals surface area contributed by atoms with Crippen LogP contribution in [0.2, 0.25) is 0 Å². The zero-order chi connectivity index (χ0) is 25.4. The Labute approximate surface area is 214 Å². The van der Waals surface area contributed by atoms with Crippen LogP contribution in [0.3, 0.4) is 0 Å². The average Bonchev–Trinajstić information content (AvgIpc) is 3.51. The summed E-state index contributed by atoms with van der Waals surface area (Å²) in [4.78, 5) is 9.20. The minimum Gasteiger partial charge on any atom is -0.497 e. The molecule has 0 aliphatic carbocycles. The number of fused-ring (bicyclic) bond motifs is 2. The molecule has 0 bridgehead atoms. The Kier molecular flexibility index (Phi) is 6.25. The molecule has 3 heterocycles. The highest BCUT2D eigenvalue weighted by Gasteiger charge is 2.49. The molecule has 0 amide bonds. The number of nitrogens with one attached hydrogen (secondary N) is 2. The summed E-state index contributed by atoms with van der Waals surface area (Å²) in [6.07, 6.45) is 0.938. The zero-order valence-corrected chi connectivity index (χ0v) is 20.9. The van der Waals surface area contributed by atoms with E-state index in [1.54, 1.807) is 25.4 Å². The third kappa shape index (κ3) is 4.76. The van der Waals surface area contributed by atoms with Gasteiger partial charge in [0.05, 0.1) is 43.0 Å². The van der Waals surface area contributed by atoms with Crippen molar-refractivity contribution in [3.05, 3.63) is 79.0 Å². The lowest BCUT2D eigenvalue weighted by Gasteiger charge is -2.18. The lowest BCUT2D eigenvalue weighted by molar-refractivity contribution is 0.0690. The van der Waals surface area contributed by atoms with E-state index in [2.05, 4.69) is 20.0 Å². The molecule has 2 aliphatic heterocycles. The van der Waals surface area contributed by atoms with Crippen LogP contribution in [0.5, 0.6) is 5.75 Å². The van der Waals surface area contributed by atoms with Crippen molar-refractivity contribution in [2.45, 2.75) is 29.2 Å². The zero-order valence-electron chi connectivity index (χ0n) is 20.1. The number of benzene rings is 3. The van der Waals surface area contributed by atoms with E-state index in [1.807, 2.05) is 60.7 Å². The van der Waals surface area contributed by atoms with Crippen molar-refractivity contribution in [1.29, 1.82) is 0 Å². The van der Waals surface area contributed by atoms with Gasteiger partial charge in [0, 0.05) is 11.8 Å². The monoisotopic (exact) mass is 518 g/mol. The fraction of sp³-hybridized carbons (Fsp3) is 0.259. The highest BCUT2D eigenvalue weighted by atomic mass is 32.2. The Morgan fingerprint density at radius 2 is 1.62 bits per heavy atom. The van der Waals surface area contributed by atoms with Crippen LogP contribution >= 0.6 is 0 Å². The molecule has 6 rings (SSSR count). The average molecular weight is 519 g/mol. The molecule has 3 aromatic carbocycles. The lowest BCUT2D eigenvalue weighted by atomic mass is 10.1. The summed E-state index contributed by atoms with van der Waals surface area (Å²) in [5.74, 6) is 1.22. The number of ether oxygens (including phenoxy) is 3. The molecule has 2 aliphatic rings. The fourth-order valence-electron chi connectivity index (χ4n) is 4.84.